The fourth-order valence-electron chi connectivity index (χ4n) is 2.40. The second-order valence-electron chi connectivity index (χ2n) is 6.06. The minimum absolute atomic E-state index is 0.257. The molecular weight excluding hydrogens is 384 g/mol. The lowest BCUT2D eigenvalue weighted by molar-refractivity contribution is -0.117. The molecule has 9 nitrogen and oxygen atoms in total. The van der Waals surface area contributed by atoms with Crippen LogP contribution in [0.2, 0.25) is 0 Å². The topological polar surface area (TPSA) is 131 Å². The molecule has 0 radical (unpaired) electrons. The molecule has 0 aliphatic rings. The van der Waals surface area contributed by atoms with Crippen molar-refractivity contribution in [3.63, 3.8) is 0 Å². The number of methoxy groups -OCH3 is 1. The Labute approximate surface area is 174 Å². The third-order valence-electron chi connectivity index (χ3n) is 3.83. The van der Waals surface area contributed by atoms with Crippen molar-refractivity contribution in [2.75, 3.05) is 17.7 Å². The van der Waals surface area contributed by atoms with Crippen molar-refractivity contribution in [1.29, 1.82) is 0 Å². The number of nitrogens with one attached hydrogen (secondary N) is 3. The van der Waals surface area contributed by atoms with Crippen LogP contribution >= 0.6 is 0 Å². The highest BCUT2D eigenvalue weighted by atomic mass is 16.5. The summed E-state index contributed by atoms with van der Waals surface area (Å²) < 4.78 is 5.35. The summed E-state index contributed by atoms with van der Waals surface area (Å²) in [5.74, 6) is 0.471. The van der Waals surface area contributed by atoms with Gasteiger partial charge in [-0.15, -0.1) is 0 Å². The molecule has 1 aromatic heterocycles. The molecule has 0 fully saturated rings. The molecular formula is C21H24N6O3. The van der Waals surface area contributed by atoms with Crippen LogP contribution in [0.15, 0.2) is 67.2 Å². The van der Waals surface area contributed by atoms with E-state index in [1.165, 1.54) is 31.7 Å². The standard InChI is InChI=1S/C21H24N6O3/c1-4-5-16(8-9-22)20(28)25-12-15-6-7-17(18(10-15)30-3)26-21(29)27-19-13-23-14(2)11-24-19/h4-11,13H,1,12,22H2,2-3H3,(H,25,28)(H2,24,26,27,29)/b9-8-,16-5+. The summed E-state index contributed by atoms with van der Waals surface area (Å²) in [4.78, 5) is 32.6. The second-order valence-corrected chi connectivity index (χ2v) is 6.06. The van der Waals surface area contributed by atoms with Gasteiger partial charge in [0, 0.05) is 12.1 Å². The van der Waals surface area contributed by atoms with E-state index in [1.807, 2.05) is 0 Å². The molecule has 0 aliphatic heterocycles. The normalized spacial score (nSPS) is 11.1. The zero-order chi connectivity index (χ0) is 21.9. The van der Waals surface area contributed by atoms with E-state index in [1.54, 1.807) is 37.4 Å². The van der Waals surface area contributed by atoms with Gasteiger partial charge in [0.05, 0.1) is 30.9 Å². The summed E-state index contributed by atoms with van der Waals surface area (Å²) in [5, 5.41) is 8.07. The number of allylic oxidation sites excluding steroid dienone is 2. The first-order chi connectivity index (χ1) is 14.5. The number of carbonyl (C=O) groups excluding carboxylic acids is 2. The third kappa shape index (κ3) is 6.48. The number of nitrogens with zero attached hydrogens (tertiary/aromatic N) is 2. The molecule has 2 rings (SSSR count). The van der Waals surface area contributed by atoms with E-state index < -0.39 is 6.03 Å². The predicted molar refractivity (Wildman–Crippen MR) is 116 cm³/mol. The summed E-state index contributed by atoms with van der Waals surface area (Å²) in [6, 6.07) is 4.68. The average molecular weight is 408 g/mol. The summed E-state index contributed by atoms with van der Waals surface area (Å²) in [7, 11) is 1.49. The number of amides is 3. The first-order valence-electron chi connectivity index (χ1n) is 8.99. The third-order valence-corrected chi connectivity index (χ3v) is 3.83. The van der Waals surface area contributed by atoms with Crippen LogP contribution in [0.4, 0.5) is 16.3 Å². The lowest BCUT2D eigenvalue weighted by atomic mass is 10.1. The fraction of sp³-hybridized carbons (Fsp3) is 0.143. The first-order valence-corrected chi connectivity index (χ1v) is 8.99. The van der Waals surface area contributed by atoms with Crippen LogP contribution in [-0.4, -0.2) is 29.0 Å². The number of anilines is 2. The Balaban J connectivity index is 2.02. The van der Waals surface area contributed by atoms with Gasteiger partial charge in [0.15, 0.2) is 5.82 Å². The van der Waals surface area contributed by atoms with E-state index in [9.17, 15) is 9.59 Å². The maximum atomic E-state index is 12.2. The number of benzene rings is 1. The van der Waals surface area contributed by atoms with Gasteiger partial charge >= 0.3 is 6.03 Å². The molecule has 0 saturated heterocycles. The second kappa shape index (κ2) is 11.0. The molecule has 2 aromatic rings. The van der Waals surface area contributed by atoms with E-state index in [2.05, 4.69) is 32.5 Å². The van der Waals surface area contributed by atoms with E-state index >= 15 is 0 Å². The van der Waals surface area contributed by atoms with Crippen molar-refractivity contribution in [2.24, 2.45) is 5.73 Å². The van der Waals surface area contributed by atoms with E-state index in [0.717, 1.165) is 11.3 Å². The first kappa shape index (κ1) is 22.2. The number of ether oxygens (including phenoxy) is 1. The van der Waals surface area contributed by atoms with Crippen molar-refractivity contribution < 1.29 is 14.3 Å². The van der Waals surface area contributed by atoms with Gasteiger partial charge in [-0.1, -0.05) is 18.7 Å². The number of aromatic nitrogens is 2. The number of rotatable bonds is 8. The number of hydrogen-bond donors (Lipinski definition) is 4. The largest absolute Gasteiger partial charge is 0.495 e. The minimum atomic E-state index is -0.486. The van der Waals surface area contributed by atoms with E-state index in [-0.39, 0.29) is 12.5 Å². The number of carbonyl (C=O) groups is 2. The van der Waals surface area contributed by atoms with Crippen LogP contribution in [0.25, 0.3) is 0 Å². The Morgan fingerprint density at radius 2 is 2.03 bits per heavy atom. The predicted octanol–water partition coefficient (Wildman–Crippen LogP) is 2.64. The van der Waals surface area contributed by atoms with E-state index in [0.29, 0.717) is 22.8 Å². The lowest BCUT2D eigenvalue weighted by Crippen LogP contribution is -2.24. The molecule has 1 heterocycles. The molecule has 30 heavy (non-hydrogen) atoms. The Morgan fingerprint density at radius 3 is 2.67 bits per heavy atom. The quantitative estimate of drug-likeness (QED) is 0.392. The summed E-state index contributed by atoms with van der Waals surface area (Å²) in [6.45, 7) is 5.64. The molecule has 0 atom stereocenters. The maximum Gasteiger partial charge on any atom is 0.324 e. The van der Waals surface area contributed by atoms with Crippen LogP contribution < -0.4 is 26.4 Å². The van der Waals surface area contributed by atoms with Gasteiger partial charge in [-0.2, -0.15) is 0 Å². The molecule has 3 amide bonds. The van der Waals surface area contributed by atoms with Crippen LogP contribution in [0, 0.1) is 6.92 Å². The molecule has 0 spiro atoms. The SMILES string of the molecule is C=C/C=C(\C=C/N)C(=O)NCc1ccc(NC(=O)Nc2cnc(C)cn2)c(OC)c1. The van der Waals surface area contributed by atoms with Gasteiger partial charge in [-0.05, 0) is 43.0 Å². The van der Waals surface area contributed by atoms with Crippen molar-refractivity contribution in [3.05, 3.63) is 78.4 Å². The molecule has 1 aromatic carbocycles. The van der Waals surface area contributed by atoms with Crippen LogP contribution in [0.3, 0.4) is 0 Å². The molecule has 156 valence electrons. The van der Waals surface area contributed by atoms with Crippen molar-refractivity contribution in [2.45, 2.75) is 13.5 Å². The Bertz CT molecular complexity index is 967. The van der Waals surface area contributed by atoms with Crippen molar-refractivity contribution in [1.82, 2.24) is 15.3 Å². The Hall–Kier alpha value is -4.14. The number of hydrogen-bond acceptors (Lipinski definition) is 6. The Kier molecular flexibility index (Phi) is 8.13. The number of urea groups is 1. The molecule has 0 saturated carbocycles. The van der Waals surface area contributed by atoms with Gasteiger partial charge in [-0.25, -0.2) is 9.78 Å². The summed E-state index contributed by atoms with van der Waals surface area (Å²) in [6.07, 6.45) is 8.85. The van der Waals surface area contributed by atoms with Gasteiger partial charge in [0.25, 0.3) is 5.91 Å². The van der Waals surface area contributed by atoms with Gasteiger partial charge in [-0.3, -0.25) is 15.1 Å². The van der Waals surface area contributed by atoms with Gasteiger partial charge in [0.1, 0.15) is 5.75 Å². The summed E-state index contributed by atoms with van der Waals surface area (Å²) >= 11 is 0. The zero-order valence-corrected chi connectivity index (χ0v) is 16.8. The highest BCUT2D eigenvalue weighted by Crippen LogP contribution is 2.25. The van der Waals surface area contributed by atoms with Gasteiger partial charge in [0.2, 0.25) is 0 Å². The maximum absolute atomic E-state index is 12.2. The van der Waals surface area contributed by atoms with Crippen molar-refractivity contribution >= 4 is 23.4 Å². The number of nitrogens with two attached hydrogens (primary N) is 1. The smallest absolute Gasteiger partial charge is 0.324 e. The number of aryl methyl sites for hydroxylation is 1. The van der Waals surface area contributed by atoms with Crippen molar-refractivity contribution in [3.8, 4) is 5.75 Å². The zero-order valence-electron chi connectivity index (χ0n) is 16.8. The molecule has 0 unspecified atom stereocenters. The highest BCUT2D eigenvalue weighted by molar-refractivity contribution is 6.00. The minimum Gasteiger partial charge on any atom is -0.495 e. The van der Waals surface area contributed by atoms with Gasteiger partial charge < -0.3 is 21.1 Å². The van der Waals surface area contributed by atoms with Crippen LogP contribution in [0.5, 0.6) is 5.75 Å². The van der Waals surface area contributed by atoms with Crippen LogP contribution in [-0.2, 0) is 11.3 Å². The van der Waals surface area contributed by atoms with Crippen LogP contribution in [0.1, 0.15) is 11.3 Å². The molecule has 5 N–H and O–H groups in total. The summed E-state index contributed by atoms with van der Waals surface area (Å²) in [5.41, 5.74) is 7.73. The highest BCUT2D eigenvalue weighted by Gasteiger charge is 2.11. The van der Waals surface area contributed by atoms with E-state index in [4.69, 9.17) is 10.5 Å². The lowest BCUT2D eigenvalue weighted by Gasteiger charge is -2.13. The molecule has 0 aliphatic carbocycles. The average Bonchev–Trinajstić information content (AvgIpc) is 2.74. The monoisotopic (exact) mass is 408 g/mol. The fourth-order valence-corrected chi connectivity index (χ4v) is 2.40. The molecule has 9 heteroatoms. The molecule has 0 bridgehead atoms. The Morgan fingerprint density at radius 1 is 1.23 bits per heavy atom.